The third-order valence-electron chi connectivity index (χ3n) is 14.0. The number of hydrogen-bond acceptors (Lipinski definition) is 13. The SMILES string of the molecule is CCCCCC/C=C/C(O)C(COC1OC(CO)C(OC2OC(CO)C(O)C(O)C2O)C(O)C1O)NC(=O)CCCCCCCCCCCCCCCCCCCCCCCCCCCCCC. The van der Waals surface area contributed by atoms with Crippen LogP contribution in [0, 0.1) is 0 Å². The van der Waals surface area contributed by atoms with Gasteiger partial charge in [0.2, 0.25) is 5.91 Å². The number of aliphatic hydroxyl groups excluding tert-OH is 8. The molecule has 402 valence electrons. The van der Waals surface area contributed by atoms with Crippen LogP contribution in [0.2, 0.25) is 0 Å². The fourth-order valence-electron chi connectivity index (χ4n) is 9.41. The third kappa shape index (κ3) is 27.5. The van der Waals surface area contributed by atoms with E-state index in [-0.39, 0.29) is 18.9 Å². The van der Waals surface area contributed by atoms with Gasteiger partial charge in [-0.1, -0.05) is 219 Å². The molecule has 2 heterocycles. The topological polar surface area (TPSA) is 228 Å². The summed E-state index contributed by atoms with van der Waals surface area (Å²) in [4.78, 5) is 13.1. The van der Waals surface area contributed by atoms with Crippen LogP contribution in [0.4, 0.5) is 0 Å². The van der Waals surface area contributed by atoms with E-state index in [2.05, 4.69) is 19.2 Å². The van der Waals surface area contributed by atoms with E-state index in [9.17, 15) is 45.6 Å². The number of unbranched alkanes of at least 4 members (excludes halogenated alkanes) is 31. The molecule has 0 bridgehead atoms. The lowest BCUT2D eigenvalue weighted by atomic mass is 9.97. The molecule has 2 fully saturated rings. The van der Waals surface area contributed by atoms with Crippen molar-refractivity contribution in [3.05, 3.63) is 12.2 Å². The normalized spacial score (nSPS) is 26.4. The van der Waals surface area contributed by atoms with Crippen LogP contribution >= 0.6 is 0 Å². The van der Waals surface area contributed by atoms with Gasteiger partial charge in [-0.2, -0.15) is 0 Å². The largest absolute Gasteiger partial charge is 0.394 e. The minimum atomic E-state index is -1.78. The van der Waals surface area contributed by atoms with E-state index in [1.807, 2.05) is 6.08 Å². The van der Waals surface area contributed by atoms with Crippen LogP contribution in [0.25, 0.3) is 0 Å². The molecule has 9 N–H and O–H groups in total. The number of aliphatic hydroxyl groups is 8. The summed E-state index contributed by atoms with van der Waals surface area (Å²) < 4.78 is 22.6. The quantitative estimate of drug-likeness (QED) is 0.0207. The maximum absolute atomic E-state index is 13.1. The van der Waals surface area contributed by atoms with E-state index in [0.717, 1.165) is 51.4 Å². The molecule has 2 saturated heterocycles. The Bertz CT molecular complexity index is 1200. The summed E-state index contributed by atoms with van der Waals surface area (Å²) in [5, 5.41) is 86.4. The van der Waals surface area contributed by atoms with Crippen LogP contribution in [0.15, 0.2) is 12.2 Å². The van der Waals surface area contributed by atoms with Gasteiger partial charge in [-0.05, 0) is 19.3 Å². The van der Waals surface area contributed by atoms with Gasteiger partial charge in [-0.3, -0.25) is 4.79 Å². The molecule has 1 amide bonds. The van der Waals surface area contributed by atoms with Gasteiger partial charge >= 0.3 is 0 Å². The zero-order chi connectivity index (χ0) is 49.6. The highest BCUT2D eigenvalue weighted by atomic mass is 16.7. The van der Waals surface area contributed by atoms with E-state index >= 15 is 0 Å². The van der Waals surface area contributed by atoms with Crippen molar-refractivity contribution in [1.29, 1.82) is 0 Å². The molecule has 2 aliphatic heterocycles. The van der Waals surface area contributed by atoms with Crippen LogP contribution in [-0.4, -0.2) is 140 Å². The van der Waals surface area contributed by atoms with Crippen LogP contribution < -0.4 is 5.32 Å². The van der Waals surface area contributed by atoms with E-state index < -0.39 is 86.8 Å². The highest BCUT2D eigenvalue weighted by Gasteiger charge is 2.51. The van der Waals surface area contributed by atoms with Gasteiger partial charge in [0.15, 0.2) is 12.6 Å². The maximum Gasteiger partial charge on any atom is 0.220 e. The molecule has 12 atom stereocenters. The number of carbonyl (C=O) groups is 1. The summed E-state index contributed by atoms with van der Waals surface area (Å²) in [7, 11) is 0. The molecule has 68 heavy (non-hydrogen) atoms. The standard InChI is InChI=1S/C54H103NO13/c1-3-5-7-9-11-12-13-14-15-16-17-18-19-20-21-22-23-24-25-26-27-28-29-30-31-32-34-36-38-46(59)55-42(43(58)37-35-33-10-8-6-4-2)41-65-53-51(64)49(62)52(45(40-57)67-53)68-54-50(63)48(61)47(60)44(39-56)66-54/h35,37,42-45,47-54,56-58,60-64H,3-34,36,38-41H2,1-2H3,(H,55,59)/b37-35+. The monoisotopic (exact) mass is 974 g/mol. The average Bonchev–Trinajstić information content (AvgIpc) is 3.34. The molecule has 14 nitrogen and oxygen atoms in total. The van der Waals surface area contributed by atoms with E-state index in [1.165, 1.54) is 154 Å². The van der Waals surface area contributed by atoms with Crippen molar-refractivity contribution in [3.63, 3.8) is 0 Å². The van der Waals surface area contributed by atoms with Crippen molar-refractivity contribution < 1.29 is 64.6 Å². The summed E-state index contributed by atoms with van der Waals surface area (Å²) in [6.07, 6.45) is 29.0. The second-order valence-corrected chi connectivity index (χ2v) is 20.1. The first-order chi connectivity index (χ1) is 33.1. The fraction of sp³-hybridized carbons (Fsp3) is 0.944. The van der Waals surface area contributed by atoms with Crippen molar-refractivity contribution in [3.8, 4) is 0 Å². The Morgan fingerprint density at radius 3 is 1.35 bits per heavy atom. The highest BCUT2D eigenvalue weighted by Crippen LogP contribution is 2.30. The zero-order valence-corrected chi connectivity index (χ0v) is 42.9. The zero-order valence-electron chi connectivity index (χ0n) is 42.9. The molecule has 0 aromatic heterocycles. The van der Waals surface area contributed by atoms with Gasteiger partial charge in [0.05, 0.1) is 32.0 Å². The van der Waals surface area contributed by atoms with Crippen LogP contribution in [-0.2, 0) is 23.7 Å². The van der Waals surface area contributed by atoms with Crippen molar-refractivity contribution in [2.45, 2.75) is 306 Å². The van der Waals surface area contributed by atoms with Gasteiger partial charge in [0.25, 0.3) is 0 Å². The number of carbonyl (C=O) groups excluding carboxylic acids is 1. The molecule has 0 radical (unpaired) electrons. The molecule has 0 aromatic rings. The smallest absolute Gasteiger partial charge is 0.220 e. The molecule has 0 aromatic carbocycles. The summed E-state index contributed by atoms with van der Waals surface area (Å²) >= 11 is 0. The van der Waals surface area contributed by atoms with Crippen LogP contribution in [0.3, 0.4) is 0 Å². The molecular weight excluding hydrogens is 871 g/mol. The minimum absolute atomic E-state index is 0.241. The number of hydrogen-bond donors (Lipinski definition) is 9. The first-order valence-corrected chi connectivity index (χ1v) is 27.9. The van der Waals surface area contributed by atoms with Gasteiger partial charge in [0.1, 0.15) is 48.8 Å². The van der Waals surface area contributed by atoms with Crippen molar-refractivity contribution >= 4 is 5.91 Å². The molecule has 14 heteroatoms. The Hall–Kier alpha value is -1.27. The molecule has 2 aliphatic rings. The van der Waals surface area contributed by atoms with Crippen LogP contribution in [0.1, 0.15) is 232 Å². The predicted octanol–water partition coefficient (Wildman–Crippen LogP) is 8.33. The highest BCUT2D eigenvalue weighted by molar-refractivity contribution is 5.76. The number of ether oxygens (including phenoxy) is 4. The van der Waals surface area contributed by atoms with Gasteiger partial charge < -0.3 is 65.1 Å². The molecule has 0 spiro atoms. The Labute approximate surface area is 412 Å². The molecular formula is C54H103NO13. The third-order valence-corrected chi connectivity index (χ3v) is 14.0. The van der Waals surface area contributed by atoms with Crippen LogP contribution in [0.5, 0.6) is 0 Å². The summed E-state index contributed by atoms with van der Waals surface area (Å²) in [5.41, 5.74) is 0. The number of rotatable bonds is 44. The first kappa shape index (κ1) is 62.8. The average molecular weight is 974 g/mol. The molecule has 12 unspecified atom stereocenters. The summed E-state index contributed by atoms with van der Waals surface area (Å²) in [5.74, 6) is -0.241. The number of allylic oxidation sites excluding steroid dienone is 1. The Morgan fingerprint density at radius 2 is 0.912 bits per heavy atom. The van der Waals surface area contributed by atoms with Gasteiger partial charge in [0, 0.05) is 6.42 Å². The maximum atomic E-state index is 13.1. The Kier molecular flexibility index (Phi) is 38.1. The number of amides is 1. The van der Waals surface area contributed by atoms with E-state index in [4.69, 9.17) is 18.9 Å². The van der Waals surface area contributed by atoms with E-state index in [0.29, 0.717) is 6.42 Å². The second kappa shape index (κ2) is 41.2. The van der Waals surface area contributed by atoms with Gasteiger partial charge in [-0.15, -0.1) is 0 Å². The van der Waals surface area contributed by atoms with Crippen molar-refractivity contribution in [1.82, 2.24) is 5.32 Å². The van der Waals surface area contributed by atoms with Crippen molar-refractivity contribution in [2.75, 3.05) is 19.8 Å². The fourth-order valence-corrected chi connectivity index (χ4v) is 9.41. The molecule has 0 aliphatic carbocycles. The summed E-state index contributed by atoms with van der Waals surface area (Å²) in [6, 6.07) is -0.906. The minimum Gasteiger partial charge on any atom is -0.394 e. The second-order valence-electron chi connectivity index (χ2n) is 20.1. The molecule has 2 rings (SSSR count). The van der Waals surface area contributed by atoms with Crippen molar-refractivity contribution in [2.24, 2.45) is 0 Å². The molecule has 0 saturated carbocycles. The Morgan fingerprint density at radius 1 is 0.515 bits per heavy atom. The van der Waals surface area contributed by atoms with Gasteiger partial charge in [-0.25, -0.2) is 0 Å². The lowest BCUT2D eigenvalue weighted by Crippen LogP contribution is -2.65. The van der Waals surface area contributed by atoms with E-state index in [1.54, 1.807) is 6.08 Å². The number of nitrogens with one attached hydrogen (secondary N) is 1. The Balaban J connectivity index is 1.60. The first-order valence-electron chi connectivity index (χ1n) is 27.9. The lowest BCUT2D eigenvalue weighted by Gasteiger charge is -2.46. The lowest BCUT2D eigenvalue weighted by molar-refractivity contribution is -0.359. The summed E-state index contributed by atoms with van der Waals surface area (Å²) in [6.45, 7) is 2.72. The predicted molar refractivity (Wildman–Crippen MR) is 268 cm³/mol.